The fraction of sp³-hybridized carbons (Fsp3) is 0.0625. The molecule has 0 aliphatic rings. The standard InChI is InChI=1S/C16H15BrN2O2/c1-21-15-7-6-13(10-14(15)17)19-16(20)8-5-11-3-2-4-12(18)9-11/h2-10H,18H2,1H3,(H,19,20)/b8-5+. The van der Waals surface area contributed by atoms with E-state index in [4.69, 9.17) is 10.5 Å². The van der Waals surface area contributed by atoms with Crippen molar-refractivity contribution >= 4 is 39.3 Å². The first-order valence-corrected chi connectivity index (χ1v) is 7.06. The second-order valence-corrected chi connectivity index (χ2v) is 5.20. The molecule has 2 aromatic carbocycles. The van der Waals surface area contributed by atoms with Crippen LogP contribution in [0.1, 0.15) is 5.56 Å². The molecule has 0 fully saturated rings. The summed E-state index contributed by atoms with van der Waals surface area (Å²) < 4.78 is 5.92. The third kappa shape index (κ3) is 4.36. The van der Waals surface area contributed by atoms with E-state index in [2.05, 4.69) is 21.2 Å². The monoisotopic (exact) mass is 346 g/mol. The lowest BCUT2D eigenvalue weighted by atomic mass is 10.2. The Balaban J connectivity index is 2.03. The predicted octanol–water partition coefficient (Wildman–Crippen LogP) is 3.69. The van der Waals surface area contributed by atoms with E-state index in [1.54, 1.807) is 43.5 Å². The number of amides is 1. The van der Waals surface area contributed by atoms with Crippen LogP contribution in [-0.4, -0.2) is 13.0 Å². The van der Waals surface area contributed by atoms with E-state index in [-0.39, 0.29) is 5.91 Å². The zero-order valence-corrected chi connectivity index (χ0v) is 13.1. The molecule has 0 heterocycles. The maximum absolute atomic E-state index is 11.9. The van der Waals surface area contributed by atoms with Gasteiger partial charge in [-0.3, -0.25) is 4.79 Å². The molecule has 0 unspecified atom stereocenters. The molecule has 4 nitrogen and oxygen atoms in total. The number of nitrogens with two attached hydrogens (primary N) is 1. The van der Waals surface area contributed by atoms with E-state index in [1.165, 1.54) is 6.08 Å². The molecule has 0 aromatic heterocycles. The fourth-order valence-corrected chi connectivity index (χ4v) is 2.30. The van der Waals surface area contributed by atoms with Crippen LogP contribution in [0.3, 0.4) is 0 Å². The van der Waals surface area contributed by atoms with Crippen LogP contribution in [0.25, 0.3) is 6.08 Å². The number of benzene rings is 2. The van der Waals surface area contributed by atoms with Gasteiger partial charge >= 0.3 is 0 Å². The van der Waals surface area contributed by atoms with Crippen molar-refractivity contribution in [2.45, 2.75) is 0 Å². The molecule has 5 heteroatoms. The molecular weight excluding hydrogens is 332 g/mol. The minimum atomic E-state index is -0.213. The van der Waals surface area contributed by atoms with Crippen molar-refractivity contribution in [3.8, 4) is 5.75 Å². The molecule has 0 saturated heterocycles. The van der Waals surface area contributed by atoms with Crippen LogP contribution >= 0.6 is 15.9 Å². The number of hydrogen-bond donors (Lipinski definition) is 2. The highest BCUT2D eigenvalue weighted by atomic mass is 79.9. The Morgan fingerprint density at radius 2 is 2.10 bits per heavy atom. The number of ether oxygens (including phenoxy) is 1. The second kappa shape index (κ2) is 6.95. The first kappa shape index (κ1) is 15.1. The number of rotatable bonds is 4. The van der Waals surface area contributed by atoms with E-state index in [1.807, 2.05) is 12.1 Å². The van der Waals surface area contributed by atoms with Crippen molar-refractivity contribution in [2.75, 3.05) is 18.2 Å². The van der Waals surface area contributed by atoms with Crippen molar-refractivity contribution in [1.29, 1.82) is 0 Å². The number of nitrogens with one attached hydrogen (secondary N) is 1. The number of carbonyl (C=O) groups excluding carboxylic acids is 1. The summed E-state index contributed by atoms with van der Waals surface area (Å²) in [5, 5.41) is 2.78. The second-order valence-electron chi connectivity index (χ2n) is 4.34. The summed E-state index contributed by atoms with van der Waals surface area (Å²) in [5.41, 5.74) is 7.91. The Hall–Kier alpha value is -2.27. The van der Waals surface area contributed by atoms with Crippen LogP contribution in [0, 0.1) is 0 Å². The smallest absolute Gasteiger partial charge is 0.248 e. The van der Waals surface area contributed by atoms with Crippen molar-refractivity contribution in [3.05, 3.63) is 58.6 Å². The van der Waals surface area contributed by atoms with Crippen LogP contribution in [0.2, 0.25) is 0 Å². The molecule has 0 aliphatic carbocycles. The van der Waals surface area contributed by atoms with E-state index in [9.17, 15) is 4.79 Å². The maximum Gasteiger partial charge on any atom is 0.248 e. The molecule has 0 radical (unpaired) electrons. The highest BCUT2D eigenvalue weighted by molar-refractivity contribution is 9.10. The normalized spacial score (nSPS) is 10.6. The van der Waals surface area contributed by atoms with Gasteiger partial charge in [-0.25, -0.2) is 0 Å². The summed E-state index contributed by atoms with van der Waals surface area (Å²) in [6.45, 7) is 0. The largest absolute Gasteiger partial charge is 0.496 e. The van der Waals surface area contributed by atoms with Gasteiger partial charge in [0.2, 0.25) is 5.91 Å². The molecule has 1 amide bonds. The summed E-state index contributed by atoms with van der Waals surface area (Å²) in [5.74, 6) is 0.498. The number of halogens is 1. The molecule has 2 rings (SSSR count). The number of methoxy groups -OCH3 is 1. The molecule has 0 bridgehead atoms. The van der Waals surface area contributed by atoms with E-state index >= 15 is 0 Å². The van der Waals surface area contributed by atoms with Gasteiger partial charge in [0.25, 0.3) is 0 Å². The molecule has 21 heavy (non-hydrogen) atoms. The number of hydrogen-bond acceptors (Lipinski definition) is 3. The summed E-state index contributed by atoms with van der Waals surface area (Å²) in [6.07, 6.45) is 3.18. The van der Waals surface area contributed by atoms with E-state index < -0.39 is 0 Å². The van der Waals surface area contributed by atoms with Crippen molar-refractivity contribution in [1.82, 2.24) is 0 Å². The molecule has 0 spiro atoms. The van der Waals surface area contributed by atoms with Crippen LogP contribution in [0.5, 0.6) is 5.75 Å². The molecule has 108 valence electrons. The predicted molar refractivity (Wildman–Crippen MR) is 89.2 cm³/mol. The first-order valence-electron chi connectivity index (χ1n) is 6.26. The van der Waals surface area contributed by atoms with Crippen LogP contribution in [0.4, 0.5) is 11.4 Å². The summed E-state index contributed by atoms with van der Waals surface area (Å²) in [7, 11) is 1.59. The van der Waals surface area contributed by atoms with Gasteiger partial charge < -0.3 is 15.8 Å². The van der Waals surface area contributed by atoms with Gasteiger partial charge in [-0.15, -0.1) is 0 Å². The van der Waals surface area contributed by atoms with Crippen molar-refractivity contribution in [3.63, 3.8) is 0 Å². The lowest BCUT2D eigenvalue weighted by Crippen LogP contribution is -2.07. The molecule has 0 aliphatic heterocycles. The van der Waals surface area contributed by atoms with Crippen LogP contribution in [0.15, 0.2) is 53.0 Å². The van der Waals surface area contributed by atoms with Gasteiger partial charge in [0.15, 0.2) is 0 Å². The fourth-order valence-electron chi connectivity index (χ4n) is 1.76. The number of carbonyl (C=O) groups is 1. The molecule has 0 saturated carbocycles. The van der Waals surface area contributed by atoms with Gasteiger partial charge in [-0.05, 0) is 57.9 Å². The molecule has 3 N–H and O–H groups in total. The Kier molecular flexibility index (Phi) is 5.00. The summed E-state index contributed by atoms with van der Waals surface area (Å²) in [6, 6.07) is 12.7. The zero-order valence-electron chi connectivity index (χ0n) is 11.5. The van der Waals surface area contributed by atoms with Gasteiger partial charge in [-0.1, -0.05) is 12.1 Å². The highest BCUT2D eigenvalue weighted by Crippen LogP contribution is 2.27. The van der Waals surface area contributed by atoms with Crippen molar-refractivity contribution < 1.29 is 9.53 Å². The van der Waals surface area contributed by atoms with E-state index in [0.29, 0.717) is 17.1 Å². The average molecular weight is 347 g/mol. The summed E-state index contributed by atoms with van der Waals surface area (Å²) >= 11 is 3.37. The van der Waals surface area contributed by atoms with Crippen LogP contribution in [-0.2, 0) is 4.79 Å². The Morgan fingerprint density at radius 1 is 1.29 bits per heavy atom. The molecular formula is C16H15BrN2O2. The van der Waals surface area contributed by atoms with Gasteiger partial charge in [0, 0.05) is 17.5 Å². The Labute approximate surface area is 131 Å². The van der Waals surface area contributed by atoms with E-state index in [0.717, 1.165) is 10.0 Å². The Bertz CT molecular complexity index is 684. The summed E-state index contributed by atoms with van der Waals surface area (Å²) in [4.78, 5) is 11.9. The third-order valence-corrected chi connectivity index (χ3v) is 3.38. The third-order valence-electron chi connectivity index (χ3n) is 2.76. The molecule has 2 aromatic rings. The maximum atomic E-state index is 11.9. The van der Waals surface area contributed by atoms with Gasteiger partial charge in [0.1, 0.15) is 5.75 Å². The number of nitrogen functional groups attached to an aromatic ring is 1. The number of anilines is 2. The zero-order chi connectivity index (χ0) is 15.2. The Morgan fingerprint density at radius 3 is 2.76 bits per heavy atom. The SMILES string of the molecule is COc1ccc(NC(=O)/C=C/c2cccc(N)c2)cc1Br. The minimum Gasteiger partial charge on any atom is -0.496 e. The quantitative estimate of drug-likeness (QED) is 0.655. The van der Waals surface area contributed by atoms with Crippen LogP contribution < -0.4 is 15.8 Å². The first-order chi connectivity index (χ1) is 10.1. The minimum absolute atomic E-state index is 0.213. The average Bonchev–Trinajstić information content (AvgIpc) is 2.45. The lowest BCUT2D eigenvalue weighted by Gasteiger charge is -2.06. The lowest BCUT2D eigenvalue weighted by molar-refractivity contribution is -0.111. The van der Waals surface area contributed by atoms with Gasteiger partial charge in [-0.2, -0.15) is 0 Å². The van der Waals surface area contributed by atoms with Gasteiger partial charge in [0.05, 0.1) is 11.6 Å². The molecule has 0 atom stereocenters. The van der Waals surface area contributed by atoms with Crippen molar-refractivity contribution in [2.24, 2.45) is 0 Å². The topological polar surface area (TPSA) is 64.3 Å². The highest BCUT2D eigenvalue weighted by Gasteiger charge is 2.03.